The fraction of sp³-hybridized carbons (Fsp3) is 0.432. The Labute approximate surface area is 292 Å². The van der Waals surface area contributed by atoms with E-state index in [1.165, 1.54) is 12.1 Å². The maximum atomic E-state index is 14.2. The number of fused-ring (bicyclic) bond motifs is 1. The molecule has 0 bridgehead atoms. The van der Waals surface area contributed by atoms with Crippen molar-refractivity contribution in [2.45, 2.75) is 96.1 Å². The van der Waals surface area contributed by atoms with Crippen LogP contribution in [-0.2, 0) is 14.1 Å². The lowest BCUT2D eigenvalue weighted by atomic mass is 9.87. The Morgan fingerprint density at radius 2 is 1.66 bits per heavy atom. The number of hydrogen-bond acceptors (Lipinski definition) is 9. The van der Waals surface area contributed by atoms with Gasteiger partial charge in [0.25, 0.3) is 0 Å². The fourth-order valence-electron chi connectivity index (χ4n) is 6.04. The van der Waals surface area contributed by atoms with Gasteiger partial charge in [0.1, 0.15) is 17.3 Å². The molecule has 4 rings (SSSR count). The molecule has 0 radical (unpaired) electrons. The summed E-state index contributed by atoms with van der Waals surface area (Å²) >= 11 is 0. The third-order valence-corrected chi connectivity index (χ3v) is 9.93. The van der Waals surface area contributed by atoms with Crippen molar-refractivity contribution < 1.29 is 48.2 Å². The van der Waals surface area contributed by atoms with E-state index in [1.807, 2.05) is 32.1 Å². The van der Waals surface area contributed by atoms with Crippen molar-refractivity contribution in [2.24, 2.45) is 0 Å². The number of ether oxygens (including phenoxy) is 2. The van der Waals surface area contributed by atoms with E-state index in [0.717, 1.165) is 16.8 Å². The number of anilines is 1. The number of nitrogens with one attached hydrogen (secondary N) is 1. The molecule has 3 aromatic rings. The summed E-state index contributed by atoms with van der Waals surface area (Å²) in [5, 5.41) is 43.1. The minimum Gasteiger partial charge on any atom is -0.481 e. The van der Waals surface area contributed by atoms with Crippen LogP contribution in [0.25, 0.3) is 0 Å². The van der Waals surface area contributed by atoms with Crippen molar-refractivity contribution in [2.75, 3.05) is 11.2 Å². The molecule has 0 aromatic heterocycles. The van der Waals surface area contributed by atoms with E-state index in [-0.39, 0.29) is 42.7 Å². The number of nitrogens with zero attached hydrogens (tertiary/aromatic N) is 1. The molecular weight excluding hydrogens is 666 g/mol. The molecule has 7 atom stereocenters. The summed E-state index contributed by atoms with van der Waals surface area (Å²) in [6.07, 6.45) is -1.49. The zero-order valence-electron chi connectivity index (χ0n) is 28.9. The highest BCUT2D eigenvalue weighted by atomic mass is 31.2. The Kier molecular flexibility index (Phi) is 13.6. The number of carbonyl (C=O) groups is 1. The van der Waals surface area contributed by atoms with Crippen LogP contribution in [-0.4, -0.2) is 75.5 Å². The number of aliphatic hydroxyl groups excluding tert-OH is 3. The summed E-state index contributed by atoms with van der Waals surface area (Å²) in [6.45, 7) is 9.24. The Bertz CT molecular complexity index is 1620. The Morgan fingerprint density at radius 1 is 0.980 bits per heavy atom. The Morgan fingerprint density at radius 3 is 2.28 bits per heavy atom. The smallest absolute Gasteiger partial charge is 0.353 e. The minimum atomic E-state index is -3.80. The molecular formula is C37H48FN2O9P. The molecule has 0 saturated carbocycles. The van der Waals surface area contributed by atoms with Gasteiger partial charge in [0.2, 0.25) is 0 Å². The highest BCUT2D eigenvalue weighted by Crippen LogP contribution is 2.49. The van der Waals surface area contributed by atoms with Crippen LogP contribution in [0.3, 0.4) is 0 Å². The first-order valence-corrected chi connectivity index (χ1v) is 18.5. The lowest BCUT2D eigenvalue weighted by Gasteiger charge is -2.32. The summed E-state index contributed by atoms with van der Waals surface area (Å²) in [5.41, 5.74) is 2.52. The van der Waals surface area contributed by atoms with Crippen molar-refractivity contribution in [3.63, 3.8) is 0 Å². The SMILES string of the molecule is CC(C)OC(O)[C@H](C)NP(=O)(COc1ccc2c(c1)C(c1ccc(F)cc1)C(/C=C/[C@@H](O)C[C@@H](O)CC(=O)O)N2C(C)C)Oc1ccccc1. The first-order chi connectivity index (χ1) is 23.7. The summed E-state index contributed by atoms with van der Waals surface area (Å²) in [6, 6.07) is 19.2. The number of para-hydroxylation sites is 1. The topological polar surface area (TPSA) is 158 Å². The van der Waals surface area contributed by atoms with Gasteiger partial charge >= 0.3 is 13.5 Å². The number of aliphatic carboxylic acids is 1. The predicted octanol–water partition coefficient (Wildman–Crippen LogP) is 6.03. The van der Waals surface area contributed by atoms with E-state index < -0.39 is 44.4 Å². The number of rotatable bonds is 18. The molecule has 1 aliphatic rings. The van der Waals surface area contributed by atoms with Crippen LogP contribution in [0.15, 0.2) is 84.9 Å². The molecule has 272 valence electrons. The molecule has 4 unspecified atom stereocenters. The van der Waals surface area contributed by atoms with Gasteiger partial charge in [0, 0.05) is 24.1 Å². The Balaban J connectivity index is 1.66. The van der Waals surface area contributed by atoms with Crippen LogP contribution in [0.2, 0.25) is 0 Å². The lowest BCUT2D eigenvalue weighted by Crippen LogP contribution is -2.40. The molecule has 13 heteroatoms. The number of aliphatic hydroxyl groups is 3. The van der Waals surface area contributed by atoms with Gasteiger partial charge in [-0.2, -0.15) is 0 Å². The third-order valence-electron chi connectivity index (χ3n) is 8.15. The maximum Gasteiger partial charge on any atom is 0.353 e. The molecule has 0 aliphatic carbocycles. The van der Waals surface area contributed by atoms with E-state index in [4.69, 9.17) is 19.1 Å². The van der Waals surface area contributed by atoms with Crippen molar-refractivity contribution in [1.82, 2.24) is 5.09 Å². The van der Waals surface area contributed by atoms with E-state index in [9.17, 15) is 29.1 Å². The third kappa shape index (κ3) is 10.6. The quantitative estimate of drug-likeness (QED) is 0.0596. The van der Waals surface area contributed by atoms with Crippen LogP contribution in [0, 0.1) is 5.82 Å². The monoisotopic (exact) mass is 714 g/mol. The largest absolute Gasteiger partial charge is 0.481 e. The average Bonchev–Trinajstić information content (AvgIpc) is 3.36. The molecule has 50 heavy (non-hydrogen) atoms. The standard InChI is InChI=1S/C37H48FN2O9P/c1-23(2)40-33-18-16-31(47-22-50(46,49-30-9-7-6-8-10-30)39-25(5)37(45)48-24(3)4)21-32(33)36(26-11-13-27(38)14-12-26)34(40)17-15-28(41)19-29(42)20-35(43)44/h6-18,21,23-25,28-29,34,36-37,41-42,45H,19-20,22H2,1-5H3,(H,39,46)(H,43,44)/b17-15+/t25-,28+,29+,34?,36?,37?,50?/m0/s1. The Hall–Kier alpha value is -3.77. The van der Waals surface area contributed by atoms with Crippen LogP contribution >= 0.6 is 7.52 Å². The van der Waals surface area contributed by atoms with Gasteiger partial charge in [0.05, 0.1) is 36.8 Å². The summed E-state index contributed by atoms with van der Waals surface area (Å²) < 4.78 is 45.9. The van der Waals surface area contributed by atoms with Crippen molar-refractivity contribution in [3.05, 3.63) is 102 Å². The van der Waals surface area contributed by atoms with Gasteiger partial charge < -0.3 is 39.3 Å². The number of carboxylic acid groups (broad SMARTS) is 1. The molecule has 3 aromatic carbocycles. The number of benzene rings is 3. The second kappa shape index (κ2) is 17.4. The molecule has 1 heterocycles. The summed E-state index contributed by atoms with van der Waals surface area (Å²) in [4.78, 5) is 13.2. The first kappa shape index (κ1) is 39.0. The van der Waals surface area contributed by atoms with Crippen LogP contribution in [0.1, 0.15) is 64.5 Å². The predicted molar refractivity (Wildman–Crippen MR) is 189 cm³/mol. The van der Waals surface area contributed by atoms with Crippen LogP contribution in [0.5, 0.6) is 11.5 Å². The number of carboxylic acids is 1. The molecule has 11 nitrogen and oxygen atoms in total. The second-order valence-corrected chi connectivity index (χ2v) is 15.1. The molecule has 0 amide bonds. The van der Waals surface area contributed by atoms with Gasteiger partial charge in [0.15, 0.2) is 12.6 Å². The number of hydrogen-bond donors (Lipinski definition) is 5. The summed E-state index contributed by atoms with van der Waals surface area (Å²) in [7, 11) is -3.80. The second-order valence-electron chi connectivity index (χ2n) is 13.0. The van der Waals surface area contributed by atoms with Crippen molar-refractivity contribution in [1.29, 1.82) is 0 Å². The van der Waals surface area contributed by atoms with Crippen LogP contribution in [0.4, 0.5) is 10.1 Å². The fourth-order valence-corrected chi connectivity index (χ4v) is 7.75. The molecule has 0 fully saturated rings. The highest BCUT2D eigenvalue weighted by Gasteiger charge is 2.40. The highest BCUT2D eigenvalue weighted by molar-refractivity contribution is 7.57. The van der Waals surface area contributed by atoms with E-state index in [0.29, 0.717) is 11.5 Å². The van der Waals surface area contributed by atoms with Crippen molar-refractivity contribution in [3.8, 4) is 11.5 Å². The van der Waals surface area contributed by atoms with Gasteiger partial charge in [-0.05, 0) is 88.2 Å². The van der Waals surface area contributed by atoms with Gasteiger partial charge in [-0.25, -0.2) is 9.48 Å². The normalized spacial score (nSPS) is 19.6. The van der Waals surface area contributed by atoms with E-state index in [2.05, 4.69) is 9.99 Å². The lowest BCUT2D eigenvalue weighted by molar-refractivity contribution is -0.139. The molecule has 0 saturated heterocycles. The van der Waals surface area contributed by atoms with Crippen LogP contribution < -0.4 is 19.2 Å². The first-order valence-electron chi connectivity index (χ1n) is 16.7. The van der Waals surface area contributed by atoms with Gasteiger partial charge in [-0.15, -0.1) is 0 Å². The average molecular weight is 715 g/mol. The van der Waals surface area contributed by atoms with Crippen molar-refractivity contribution >= 4 is 19.2 Å². The molecule has 1 aliphatic heterocycles. The zero-order valence-corrected chi connectivity index (χ0v) is 29.8. The molecule has 5 N–H and O–H groups in total. The maximum absolute atomic E-state index is 14.2. The van der Waals surface area contributed by atoms with E-state index >= 15 is 0 Å². The minimum absolute atomic E-state index is 0.0139. The van der Waals surface area contributed by atoms with Gasteiger partial charge in [-0.3, -0.25) is 9.36 Å². The number of halogens is 1. The summed E-state index contributed by atoms with van der Waals surface area (Å²) in [5.74, 6) is -1.15. The van der Waals surface area contributed by atoms with Gasteiger partial charge in [-0.1, -0.05) is 42.5 Å². The molecule has 0 spiro atoms. The van der Waals surface area contributed by atoms with E-state index in [1.54, 1.807) is 75.4 Å². The zero-order chi connectivity index (χ0) is 36.6.